The molecular weight excluding hydrogens is 340 g/mol. The first-order chi connectivity index (χ1) is 12.1. The molecule has 0 radical (unpaired) electrons. The van der Waals surface area contributed by atoms with Gasteiger partial charge in [0.2, 0.25) is 0 Å². The summed E-state index contributed by atoms with van der Waals surface area (Å²) in [5.41, 5.74) is 3.66. The van der Waals surface area contributed by atoms with Gasteiger partial charge in [-0.2, -0.15) is 0 Å². The Morgan fingerprint density at radius 1 is 1.31 bits per heavy atom. The SMILES string of the molecule is CCOC(=O)[C@@H]1CC1c1cccc(/C(C)=C/CO[Si](C)(C)C(C)(C)C)c1. The van der Waals surface area contributed by atoms with Crippen molar-refractivity contribution in [3.8, 4) is 0 Å². The minimum atomic E-state index is -1.72. The predicted molar refractivity (Wildman–Crippen MR) is 111 cm³/mol. The van der Waals surface area contributed by atoms with Crippen LogP contribution in [0.3, 0.4) is 0 Å². The summed E-state index contributed by atoms with van der Waals surface area (Å²) in [6, 6.07) is 8.54. The van der Waals surface area contributed by atoms with Gasteiger partial charge in [0, 0.05) is 0 Å². The molecular formula is C22H34O3Si. The smallest absolute Gasteiger partial charge is 0.309 e. The highest BCUT2D eigenvalue weighted by molar-refractivity contribution is 6.74. The zero-order valence-electron chi connectivity index (χ0n) is 17.4. The van der Waals surface area contributed by atoms with E-state index < -0.39 is 8.32 Å². The number of rotatable bonds is 7. The van der Waals surface area contributed by atoms with Crippen molar-refractivity contribution >= 4 is 19.9 Å². The Hall–Kier alpha value is -1.39. The molecule has 1 aromatic carbocycles. The van der Waals surface area contributed by atoms with Crippen molar-refractivity contribution < 1.29 is 14.0 Å². The van der Waals surface area contributed by atoms with E-state index in [1.807, 2.05) is 6.92 Å². The number of carbonyl (C=O) groups excluding carboxylic acids is 1. The monoisotopic (exact) mass is 374 g/mol. The van der Waals surface area contributed by atoms with Crippen LogP contribution in [0.4, 0.5) is 0 Å². The van der Waals surface area contributed by atoms with Crippen LogP contribution in [0.15, 0.2) is 30.3 Å². The van der Waals surface area contributed by atoms with Crippen LogP contribution < -0.4 is 0 Å². The van der Waals surface area contributed by atoms with E-state index in [1.54, 1.807) is 0 Å². The maximum absolute atomic E-state index is 11.9. The van der Waals surface area contributed by atoms with Crippen LogP contribution in [0, 0.1) is 5.92 Å². The van der Waals surface area contributed by atoms with Crippen LogP contribution in [0.25, 0.3) is 5.57 Å². The Bertz CT molecular complexity index is 670. The van der Waals surface area contributed by atoms with Crippen LogP contribution in [-0.4, -0.2) is 27.5 Å². The van der Waals surface area contributed by atoms with Crippen molar-refractivity contribution in [2.24, 2.45) is 5.92 Å². The fraction of sp³-hybridized carbons (Fsp3) is 0.591. The topological polar surface area (TPSA) is 35.5 Å². The molecule has 4 heteroatoms. The van der Waals surface area contributed by atoms with Gasteiger partial charge in [0.1, 0.15) is 0 Å². The van der Waals surface area contributed by atoms with E-state index in [0.29, 0.717) is 19.1 Å². The molecule has 1 unspecified atom stereocenters. The van der Waals surface area contributed by atoms with Gasteiger partial charge >= 0.3 is 5.97 Å². The van der Waals surface area contributed by atoms with E-state index in [2.05, 4.69) is 71.1 Å². The lowest BCUT2D eigenvalue weighted by Gasteiger charge is -2.35. The van der Waals surface area contributed by atoms with Gasteiger partial charge in [0.05, 0.1) is 19.1 Å². The largest absolute Gasteiger partial charge is 0.466 e. The highest BCUT2D eigenvalue weighted by Gasteiger charge is 2.45. The molecule has 26 heavy (non-hydrogen) atoms. The Morgan fingerprint density at radius 2 is 2.00 bits per heavy atom. The molecule has 1 saturated carbocycles. The van der Waals surface area contributed by atoms with E-state index in [9.17, 15) is 4.79 Å². The third-order valence-electron chi connectivity index (χ3n) is 5.79. The molecule has 2 atom stereocenters. The summed E-state index contributed by atoms with van der Waals surface area (Å²) in [6.07, 6.45) is 3.08. The molecule has 0 spiro atoms. The number of benzene rings is 1. The molecule has 0 aliphatic heterocycles. The second kappa shape index (κ2) is 8.09. The van der Waals surface area contributed by atoms with E-state index in [1.165, 1.54) is 16.7 Å². The van der Waals surface area contributed by atoms with Gasteiger partial charge in [-0.3, -0.25) is 4.79 Å². The van der Waals surface area contributed by atoms with Crippen LogP contribution in [0.5, 0.6) is 0 Å². The van der Waals surface area contributed by atoms with Gasteiger partial charge < -0.3 is 9.16 Å². The molecule has 0 saturated heterocycles. The fourth-order valence-electron chi connectivity index (χ4n) is 2.80. The average Bonchev–Trinajstić information content (AvgIpc) is 3.34. The maximum atomic E-state index is 11.9. The lowest BCUT2D eigenvalue weighted by Crippen LogP contribution is -2.40. The molecule has 1 aliphatic carbocycles. The quantitative estimate of drug-likeness (QED) is 0.448. The van der Waals surface area contributed by atoms with Gasteiger partial charge in [-0.1, -0.05) is 51.1 Å². The Morgan fingerprint density at radius 3 is 2.62 bits per heavy atom. The molecule has 0 bridgehead atoms. The molecule has 0 amide bonds. The van der Waals surface area contributed by atoms with Crippen molar-refractivity contribution in [3.05, 3.63) is 41.5 Å². The first-order valence-electron chi connectivity index (χ1n) is 9.64. The molecule has 1 aliphatic rings. The summed E-state index contributed by atoms with van der Waals surface area (Å²) in [7, 11) is -1.72. The summed E-state index contributed by atoms with van der Waals surface area (Å²) in [6.45, 7) is 16.4. The summed E-state index contributed by atoms with van der Waals surface area (Å²) < 4.78 is 11.4. The standard InChI is InChI=1S/C22H34O3Si/c1-8-24-21(23)20-15-19(20)18-11-9-10-17(14-18)16(2)12-13-25-26(6,7)22(3,4)5/h9-12,14,19-20H,8,13,15H2,1-7H3/b16-12+/t19?,20-/m1/s1. The zero-order chi connectivity index (χ0) is 19.5. The summed E-state index contributed by atoms with van der Waals surface area (Å²) in [5, 5.41) is 0.225. The van der Waals surface area contributed by atoms with Gasteiger partial charge in [0.25, 0.3) is 0 Å². The first-order valence-corrected chi connectivity index (χ1v) is 12.6. The van der Waals surface area contributed by atoms with Gasteiger partial charge in [-0.25, -0.2) is 0 Å². The maximum Gasteiger partial charge on any atom is 0.309 e. The van der Waals surface area contributed by atoms with Gasteiger partial charge in [-0.05, 0) is 61.0 Å². The second-order valence-corrected chi connectivity index (χ2v) is 13.6. The number of hydrogen-bond acceptors (Lipinski definition) is 3. The lowest BCUT2D eigenvalue weighted by atomic mass is 10.0. The number of ether oxygens (including phenoxy) is 1. The minimum Gasteiger partial charge on any atom is -0.466 e. The third kappa shape index (κ3) is 5.07. The number of allylic oxidation sites excluding steroid dienone is 1. The van der Waals surface area contributed by atoms with Crippen molar-refractivity contribution in [3.63, 3.8) is 0 Å². The molecule has 2 rings (SSSR count). The lowest BCUT2D eigenvalue weighted by molar-refractivity contribution is -0.144. The molecule has 0 N–H and O–H groups in total. The van der Waals surface area contributed by atoms with Crippen LogP contribution in [0.2, 0.25) is 18.1 Å². The highest BCUT2D eigenvalue weighted by Crippen LogP contribution is 2.48. The summed E-state index contributed by atoms with van der Waals surface area (Å²) >= 11 is 0. The second-order valence-electron chi connectivity index (χ2n) is 8.78. The molecule has 1 aromatic rings. The van der Waals surface area contributed by atoms with Crippen LogP contribution >= 0.6 is 0 Å². The Balaban J connectivity index is 2.00. The van der Waals surface area contributed by atoms with Crippen molar-refractivity contribution in [1.82, 2.24) is 0 Å². The van der Waals surface area contributed by atoms with E-state index >= 15 is 0 Å². The first kappa shape index (κ1) is 20.9. The van der Waals surface area contributed by atoms with Gasteiger partial charge in [0.15, 0.2) is 8.32 Å². The Kier molecular flexibility index (Phi) is 6.51. The van der Waals surface area contributed by atoms with E-state index in [4.69, 9.17) is 9.16 Å². The van der Waals surface area contributed by atoms with Crippen LogP contribution in [-0.2, 0) is 14.0 Å². The van der Waals surface area contributed by atoms with E-state index in [0.717, 1.165) is 6.42 Å². The summed E-state index contributed by atoms with van der Waals surface area (Å²) in [4.78, 5) is 11.9. The van der Waals surface area contributed by atoms with Crippen molar-refractivity contribution in [2.75, 3.05) is 13.2 Å². The molecule has 1 fully saturated rings. The number of esters is 1. The Labute approximate surface area is 159 Å². The minimum absolute atomic E-state index is 0.0383. The molecule has 144 valence electrons. The average molecular weight is 375 g/mol. The highest BCUT2D eigenvalue weighted by atomic mass is 28.4. The molecule has 3 nitrogen and oxygen atoms in total. The molecule has 0 heterocycles. The zero-order valence-corrected chi connectivity index (χ0v) is 18.4. The van der Waals surface area contributed by atoms with E-state index in [-0.39, 0.29) is 16.9 Å². The van der Waals surface area contributed by atoms with Crippen LogP contribution in [0.1, 0.15) is 58.1 Å². The molecule has 0 aromatic heterocycles. The van der Waals surface area contributed by atoms with Gasteiger partial charge in [-0.15, -0.1) is 0 Å². The fourth-order valence-corrected chi connectivity index (χ4v) is 3.73. The third-order valence-corrected chi connectivity index (χ3v) is 10.3. The summed E-state index contributed by atoms with van der Waals surface area (Å²) in [5.74, 6) is 0.291. The predicted octanol–water partition coefficient (Wildman–Crippen LogP) is 5.78. The van der Waals surface area contributed by atoms with Crippen molar-refractivity contribution in [2.45, 2.75) is 65.1 Å². The number of hydrogen-bond donors (Lipinski definition) is 0. The normalized spacial score (nSPS) is 20.8. The van der Waals surface area contributed by atoms with Crippen molar-refractivity contribution in [1.29, 1.82) is 0 Å². The number of carbonyl (C=O) groups is 1.